The van der Waals surface area contributed by atoms with Crippen molar-refractivity contribution in [3.05, 3.63) is 42.0 Å². The molecule has 0 aliphatic heterocycles. The van der Waals surface area contributed by atoms with Crippen LogP contribution in [0.25, 0.3) is 6.08 Å². The molecule has 20 heavy (non-hydrogen) atoms. The van der Waals surface area contributed by atoms with Crippen LogP contribution in [0.5, 0.6) is 11.5 Å². The Kier molecular flexibility index (Phi) is 6.27. The summed E-state index contributed by atoms with van der Waals surface area (Å²) >= 11 is 4.80. The number of benzene rings is 1. The molecule has 0 aromatic heterocycles. The lowest BCUT2D eigenvalue weighted by Gasteiger charge is -2.11. The summed E-state index contributed by atoms with van der Waals surface area (Å²) in [5, 5.41) is 8.95. The van der Waals surface area contributed by atoms with Crippen molar-refractivity contribution < 1.29 is 9.47 Å². The van der Waals surface area contributed by atoms with Gasteiger partial charge in [-0.15, -0.1) is 0 Å². The molecule has 0 aliphatic carbocycles. The van der Waals surface area contributed by atoms with E-state index in [4.69, 9.17) is 32.7 Å². The summed E-state index contributed by atoms with van der Waals surface area (Å²) < 4.78 is 11.0. The number of nitriles is 1. The van der Waals surface area contributed by atoms with E-state index in [2.05, 4.69) is 6.58 Å². The van der Waals surface area contributed by atoms with Crippen molar-refractivity contribution in [3.63, 3.8) is 0 Å². The van der Waals surface area contributed by atoms with Crippen LogP contribution in [-0.4, -0.2) is 18.2 Å². The number of hydrogen-bond acceptors (Lipinski definition) is 4. The minimum atomic E-state index is 0.0671. The molecular formula is C15H16N2O2S. The molecule has 0 saturated carbocycles. The van der Waals surface area contributed by atoms with Gasteiger partial charge >= 0.3 is 0 Å². The van der Waals surface area contributed by atoms with E-state index in [-0.39, 0.29) is 10.6 Å². The Balaban J connectivity index is 3.12. The predicted molar refractivity (Wildman–Crippen MR) is 83.7 cm³/mol. The van der Waals surface area contributed by atoms with Gasteiger partial charge in [-0.3, -0.25) is 0 Å². The molecule has 0 saturated heterocycles. The summed E-state index contributed by atoms with van der Waals surface area (Å²) in [6, 6.07) is 7.31. The number of hydrogen-bond donors (Lipinski definition) is 1. The third-order valence-electron chi connectivity index (χ3n) is 2.32. The third kappa shape index (κ3) is 4.41. The van der Waals surface area contributed by atoms with Crippen LogP contribution < -0.4 is 15.2 Å². The van der Waals surface area contributed by atoms with Gasteiger partial charge in [0.05, 0.1) is 12.2 Å². The summed E-state index contributed by atoms with van der Waals surface area (Å²) in [5.74, 6) is 1.22. The molecule has 5 heteroatoms. The van der Waals surface area contributed by atoms with Gasteiger partial charge in [-0.1, -0.05) is 30.9 Å². The fraction of sp³-hybridized carbons (Fsp3) is 0.200. The average Bonchev–Trinajstić information content (AvgIpc) is 2.43. The second-order valence-corrected chi connectivity index (χ2v) is 4.21. The van der Waals surface area contributed by atoms with Crippen molar-refractivity contribution in [1.29, 1.82) is 5.26 Å². The van der Waals surface area contributed by atoms with E-state index in [9.17, 15) is 0 Å². The summed E-state index contributed by atoms with van der Waals surface area (Å²) in [7, 11) is 0. The minimum absolute atomic E-state index is 0.0671. The quantitative estimate of drug-likeness (QED) is 0.361. The van der Waals surface area contributed by atoms with Crippen LogP contribution in [0.2, 0.25) is 0 Å². The van der Waals surface area contributed by atoms with E-state index >= 15 is 0 Å². The maximum atomic E-state index is 8.95. The summed E-state index contributed by atoms with van der Waals surface area (Å²) in [6.45, 7) is 6.39. The van der Waals surface area contributed by atoms with Gasteiger partial charge in [0.15, 0.2) is 11.5 Å². The number of nitrogens with zero attached hydrogens (tertiary/aromatic N) is 1. The molecule has 0 heterocycles. The summed E-state index contributed by atoms with van der Waals surface area (Å²) in [5.41, 5.74) is 6.48. The Hall–Kier alpha value is -2.32. The van der Waals surface area contributed by atoms with Crippen LogP contribution >= 0.6 is 12.2 Å². The molecule has 1 aromatic carbocycles. The smallest absolute Gasteiger partial charge is 0.161 e. The lowest BCUT2D eigenvalue weighted by atomic mass is 10.1. The molecule has 0 fully saturated rings. The van der Waals surface area contributed by atoms with E-state index in [0.29, 0.717) is 24.7 Å². The zero-order valence-electron chi connectivity index (χ0n) is 11.3. The first-order chi connectivity index (χ1) is 9.62. The summed E-state index contributed by atoms with van der Waals surface area (Å²) in [4.78, 5) is 0.0671. The molecule has 0 unspecified atom stereocenters. The Morgan fingerprint density at radius 2 is 2.20 bits per heavy atom. The summed E-state index contributed by atoms with van der Waals surface area (Å²) in [6.07, 6.45) is 3.27. The molecule has 0 bridgehead atoms. The minimum Gasteiger partial charge on any atom is -0.490 e. The molecule has 104 valence electrons. The monoisotopic (exact) mass is 288 g/mol. The van der Waals surface area contributed by atoms with Crippen molar-refractivity contribution in [2.45, 2.75) is 6.92 Å². The topological polar surface area (TPSA) is 68.3 Å². The van der Waals surface area contributed by atoms with Gasteiger partial charge in [0, 0.05) is 0 Å². The molecule has 2 N–H and O–H groups in total. The highest BCUT2D eigenvalue weighted by Crippen LogP contribution is 2.29. The van der Waals surface area contributed by atoms with Gasteiger partial charge < -0.3 is 15.2 Å². The average molecular weight is 288 g/mol. The Morgan fingerprint density at radius 3 is 2.75 bits per heavy atom. The van der Waals surface area contributed by atoms with Crippen LogP contribution in [-0.2, 0) is 0 Å². The molecule has 0 amide bonds. The maximum absolute atomic E-state index is 8.95. The lowest BCUT2D eigenvalue weighted by molar-refractivity contribution is 0.297. The largest absolute Gasteiger partial charge is 0.490 e. The highest BCUT2D eigenvalue weighted by molar-refractivity contribution is 7.80. The first-order valence-electron chi connectivity index (χ1n) is 6.04. The second-order valence-electron chi connectivity index (χ2n) is 3.77. The Bertz CT molecular complexity index is 574. The molecule has 4 nitrogen and oxygen atoms in total. The number of rotatable bonds is 7. The highest BCUT2D eigenvalue weighted by Gasteiger charge is 2.06. The van der Waals surface area contributed by atoms with Crippen molar-refractivity contribution in [1.82, 2.24) is 0 Å². The van der Waals surface area contributed by atoms with Gasteiger partial charge in [0.1, 0.15) is 17.7 Å². The van der Waals surface area contributed by atoms with Gasteiger partial charge in [-0.2, -0.15) is 5.26 Å². The molecular weight excluding hydrogens is 272 g/mol. The van der Waals surface area contributed by atoms with Crippen LogP contribution in [0.3, 0.4) is 0 Å². The van der Waals surface area contributed by atoms with E-state index in [1.807, 2.05) is 13.0 Å². The van der Waals surface area contributed by atoms with E-state index in [1.54, 1.807) is 30.4 Å². The van der Waals surface area contributed by atoms with E-state index in [0.717, 1.165) is 5.56 Å². The van der Waals surface area contributed by atoms with E-state index in [1.165, 1.54) is 0 Å². The third-order valence-corrected chi connectivity index (χ3v) is 2.54. The van der Waals surface area contributed by atoms with Gasteiger partial charge in [-0.25, -0.2) is 0 Å². The number of thiocarbonyl (C=S) groups is 1. The zero-order valence-corrected chi connectivity index (χ0v) is 12.1. The van der Waals surface area contributed by atoms with Gasteiger partial charge in [0.25, 0.3) is 0 Å². The molecule has 0 radical (unpaired) electrons. The fourth-order valence-electron chi connectivity index (χ4n) is 1.48. The molecule has 1 aromatic rings. The Labute approximate surface area is 124 Å². The standard InChI is InChI=1S/C15H16N2O2S/c1-3-7-19-13-6-5-11(9-14(13)18-4-2)8-12(10-16)15(17)20/h3,5-6,8-9H,1,4,7H2,2H3,(H2,17,20). The fourth-order valence-corrected chi connectivity index (χ4v) is 1.58. The van der Waals surface area contributed by atoms with Crippen LogP contribution in [0.15, 0.2) is 36.4 Å². The molecule has 0 atom stereocenters. The van der Waals surface area contributed by atoms with Crippen molar-refractivity contribution in [2.24, 2.45) is 5.73 Å². The zero-order chi connectivity index (χ0) is 15.0. The van der Waals surface area contributed by atoms with Crippen molar-refractivity contribution >= 4 is 23.3 Å². The SMILES string of the molecule is C=CCOc1ccc(C=C(C#N)C(N)=S)cc1OCC. The highest BCUT2D eigenvalue weighted by atomic mass is 32.1. The molecule has 0 spiro atoms. The van der Waals surface area contributed by atoms with Crippen LogP contribution in [0.4, 0.5) is 0 Å². The number of nitrogens with two attached hydrogens (primary N) is 1. The number of ether oxygens (including phenoxy) is 2. The van der Waals surface area contributed by atoms with E-state index < -0.39 is 0 Å². The normalized spacial score (nSPS) is 10.5. The first kappa shape index (κ1) is 15.7. The molecule has 1 rings (SSSR count). The maximum Gasteiger partial charge on any atom is 0.161 e. The van der Waals surface area contributed by atoms with Crippen LogP contribution in [0.1, 0.15) is 12.5 Å². The second kappa shape index (κ2) is 7.97. The first-order valence-corrected chi connectivity index (χ1v) is 6.45. The van der Waals surface area contributed by atoms with Crippen molar-refractivity contribution in [2.75, 3.05) is 13.2 Å². The van der Waals surface area contributed by atoms with Gasteiger partial charge in [0.2, 0.25) is 0 Å². The van der Waals surface area contributed by atoms with Crippen LogP contribution in [0, 0.1) is 11.3 Å². The Morgan fingerprint density at radius 1 is 1.45 bits per heavy atom. The molecule has 0 aliphatic rings. The van der Waals surface area contributed by atoms with Gasteiger partial charge in [-0.05, 0) is 30.7 Å². The predicted octanol–water partition coefficient (Wildman–Crippen LogP) is 2.84. The van der Waals surface area contributed by atoms with Crippen molar-refractivity contribution in [3.8, 4) is 17.6 Å². The lowest BCUT2D eigenvalue weighted by Crippen LogP contribution is -2.09.